The maximum atomic E-state index is 12.2. The van der Waals surface area contributed by atoms with Crippen LogP contribution in [-0.2, 0) is 22.6 Å². The second-order valence-electron chi connectivity index (χ2n) is 8.65. The summed E-state index contributed by atoms with van der Waals surface area (Å²) in [5.41, 5.74) is 3.59. The Labute approximate surface area is 214 Å². The number of imidazole rings is 1. The van der Waals surface area contributed by atoms with Crippen LogP contribution in [0.5, 0.6) is 0 Å². The predicted octanol–water partition coefficient (Wildman–Crippen LogP) is 3.44. The molecule has 2 aromatic heterocycles. The number of hydrogen-bond donors (Lipinski definition) is 1. The molecule has 186 valence electrons. The molecule has 4 aromatic rings. The van der Waals surface area contributed by atoms with Crippen LogP contribution in [0.25, 0.3) is 11.2 Å². The summed E-state index contributed by atoms with van der Waals surface area (Å²) in [6.07, 6.45) is 1.80. The van der Waals surface area contributed by atoms with Crippen molar-refractivity contribution < 1.29 is 9.53 Å². The molecular weight excluding hydrogens is 478 g/mol. The van der Waals surface area contributed by atoms with Gasteiger partial charge in [-0.1, -0.05) is 60.1 Å². The molecule has 0 bridgehead atoms. The molecule has 0 atom stereocenters. The van der Waals surface area contributed by atoms with E-state index in [1.54, 1.807) is 6.33 Å². The molecule has 1 aliphatic rings. The summed E-state index contributed by atoms with van der Waals surface area (Å²) in [5.74, 6) is 1.26. The minimum absolute atomic E-state index is 0.00319. The Morgan fingerprint density at radius 2 is 1.78 bits per heavy atom. The lowest BCUT2D eigenvalue weighted by molar-refractivity contribution is -0.135. The van der Waals surface area contributed by atoms with Gasteiger partial charge < -0.3 is 24.4 Å². The van der Waals surface area contributed by atoms with Gasteiger partial charge in [0.15, 0.2) is 17.0 Å². The fraction of sp³-hybridized carbons (Fsp3) is 0.308. The van der Waals surface area contributed by atoms with Gasteiger partial charge in [0.05, 0.1) is 12.9 Å². The molecule has 0 unspecified atom stereocenters. The number of benzene rings is 2. The Kier molecular flexibility index (Phi) is 7.29. The third kappa shape index (κ3) is 5.27. The first-order valence-electron chi connectivity index (χ1n) is 11.9. The quantitative estimate of drug-likeness (QED) is 0.392. The summed E-state index contributed by atoms with van der Waals surface area (Å²) < 4.78 is 7.04. The number of rotatable bonds is 8. The molecule has 1 aliphatic heterocycles. The van der Waals surface area contributed by atoms with Gasteiger partial charge in [0.2, 0.25) is 11.9 Å². The van der Waals surface area contributed by atoms with Crippen LogP contribution in [0.4, 0.5) is 11.8 Å². The van der Waals surface area contributed by atoms with Crippen LogP contribution < -0.4 is 10.2 Å². The van der Waals surface area contributed by atoms with E-state index >= 15 is 0 Å². The molecule has 1 N–H and O–H groups in total. The molecule has 9 nitrogen and oxygen atoms in total. The number of nitrogens with zero attached hydrogens (tertiary/aromatic N) is 6. The maximum absolute atomic E-state index is 12.2. The van der Waals surface area contributed by atoms with E-state index in [0.29, 0.717) is 61.6 Å². The van der Waals surface area contributed by atoms with Gasteiger partial charge in [-0.15, -0.1) is 0 Å². The molecule has 0 radical (unpaired) electrons. The highest BCUT2D eigenvalue weighted by molar-refractivity contribution is 6.31. The number of carbonyl (C=O) groups is 1. The maximum Gasteiger partial charge on any atom is 0.248 e. The second-order valence-corrected chi connectivity index (χ2v) is 9.06. The summed E-state index contributed by atoms with van der Waals surface area (Å²) in [6.45, 7) is 3.71. The predicted molar refractivity (Wildman–Crippen MR) is 140 cm³/mol. The van der Waals surface area contributed by atoms with E-state index in [9.17, 15) is 4.79 Å². The topological polar surface area (TPSA) is 88.4 Å². The zero-order chi connectivity index (χ0) is 24.9. The number of fused-ring (bicyclic) bond motifs is 1. The second kappa shape index (κ2) is 10.9. The molecule has 36 heavy (non-hydrogen) atoms. The third-order valence-corrected chi connectivity index (χ3v) is 6.60. The van der Waals surface area contributed by atoms with Crippen LogP contribution in [0.3, 0.4) is 0 Å². The molecule has 2 aromatic carbocycles. The first-order chi connectivity index (χ1) is 17.6. The average molecular weight is 506 g/mol. The van der Waals surface area contributed by atoms with Crippen molar-refractivity contribution in [2.45, 2.75) is 13.1 Å². The number of anilines is 2. The molecule has 1 amide bonds. The molecule has 3 heterocycles. The largest absolute Gasteiger partial charge is 0.375 e. The fourth-order valence-electron chi connectivity index (χ4n) is 4.28. The molecule has 0 saturated carbocycles. The van der Waals surface area contributed by atoms with Gasteiger partial charge in [-0.25, -0.2) is 4.98 Å². The van der Waals surface area contributed by atoms with E-state index in [1.165, 1.54) is 7.11 Å². The number of ether oxygens (including phenoxy) is 1. The normalized spacial score (nSPS) is 13.8. The lowest BCUT2D eigenvalue weighted by atomic mass is 10.2. The summed E-state index contributed by atoms with van der Waals surface area (Å²) in [7, 11) is 1.53. The number of piperazine rings is 1. The first-order valence-corrected chi connectivity index (χ1v) is 12.3. The number of carbonyl (C=O) groups excluding carboxylic acids is 1. The number of aromatic nitrogens is 4. The fourth-order valence-corrected chi connectivity index (χ4v) is 4.49. The van der Waals surface area contributed by atoms with Crippen molar-refractivity contribution in [3.05, 3.63) is 77.1 Å². The zero-order valence-corrected chi connectivity index (χ0v) is 20.9. The molecule has 5 rings (SSSR count). The van der Waals surface area contributed by atoms with E-state index in [1.807, 2.05) is 51.9 Å². The van der Waals surface area contributed by atoms with Crippen LogP contribution in [0.1, 0.15) is 11.1 Å². The smallest absolute Gasteiger partial charge is 0.248 e. The first kappa shape index (κ1) is 24.0. The van der Waals surface area contributed by atoms with E-state index in [0.717, 1.165) is 16.8 Å². The minimum atomic E-state index is -0.00319. The molecule has 1 saturated heterocycles. The third-order valence-electron chi connectivity index (χ3n) is 6.23. The van der Waals surface area contributed by atoms with Gasteiger partial charge in [-0.3, -0.25) is 4.79 Å². The lowest BCUT2D eigenvalue weighted by Gasteiger charge is -2.34. The highest BCUT2D eigenvalue weighted by atomic mass is 35.5. The summed E-state index contributed by atoms with van der Waals surface area (Å²) in [6, 6.07) is 18.0. The Morgan fingerprint density at radius 1 is 1.03 bits per heavy atom. The van der Waals surface area contributed by atoms with Crippen molar-refractivity contribution in [1.82, 2.24) is 24.4 Å². The summed E-state index contributed by atoms with van der Waals surface area (Å²) in [5, 5.41) is 4.12. The van der Waals surface area contributed by atoms with Crippen LogP contribution in [0.2, 0.25) is 5.02 Å². The highest BCUT2D eigenvalue weighted by Gasteiger charge is 2.24. The van der Waals surface area contributed by atoms with Gasteiger partial charge in [-0.05, 0) is 17.2 Å². The monoisotopic (exact) mass is 505 g/mol. The number of hydrogen-bond acceptors (Lipinski definition) is 7. The number of halogens is 1. The van der Waals surface area contributed by atoms with Crippen molar-refractivity contribution >= 4 is 40.4 Å². The molecular formula is C26H28ClN7O2. The molecule has 0 aliphatic carbocycles. The molecule has 0 spiro atoms. The number of nitrogens with one attached hydrogen (secondary N) is 1. The summed E-state index contributed by atoms with van der Waals surface area (Å²) in [4.78, 5) is 30.6. The van der Waals surface area contributed by atoms with Crippen molar-refractivity contribution in [2.24, 2.45) is 0 Å². The minimum Gasteiger partial charge on any atom is -0.375 e. The van der Waals surface area contributed by atoms with Crippen LogP contribution >= 0.6 is 11.6 Å². The van der Waals surface area contributed by atoms with Gasteiger partial charge in [0, 0.05) is 44.9 Å². The summed E-state index contributed by atoms with van der Waals surface area (Å²) >= 11 is 6.38. The standard InChI is InChI=1S/C26H28ClN7O2/c1-36-17-22(35)32-11-13-33(14-12-32)26-30-24(28-15-20-9-5-6-10-21(20)27)23-25(31-26)34(18-29-23)16-19-7-3-2-4-8-19/h2-10,18H,11-17H2,1H3,(H,28,30,31). The lowest BCUT2D eigenvalue weighted by Crippen LogP contribution is -2.50. The van der Waals surface area contributed by atoms with E-state index in [4.69, 9.17) is 26.3 Å². The average Bonchev–Trinajstić information content (AvgIpc) is 3.31. The van der Waals surface area contributed by atoms with Gasteiger partial charge in [0.25, 0.3) is 0 Å². The van der Waals surface area contributed by atoms with Crippen LogP contribution in [-0.4, -0.2) is 70.2 Å². The Hall–Kier alpha value is -3.69. The van der Waals surface area contributed by atoms with Gasteiger partial charge in [0.1, 0.15) is 6.61 Å². The van der Waals surface area contributed by atoms with Crippen molar-refractivity contribution in [3.8, 4) is 0 Å². The van der Waals surface area contributed by atoms with Crippen molar-refractivity contribution in [2.75, 3.05) is 50.1 Å². The number of methoxy groups -OCH3 is 1. The number of amides is 1. The van der Waals surface area contributed by atoms with Crippen LogP contribution in [0.15, 0.2) is 60.9 Å². The van der Waals surface area contributed by atoms with E-state index in [-0.39, 0.29) is 12.5 Å². The van der Waals surface area contributed by atoms with E-state index in [2.05, 4.69) is 27.3 Å². The Balaban J connectivity index is 1.44. The van der Waals surface area contributed by atoms with Crippen molar-refractivity contribution in [1.29, 1.82) is 0 Å². The van der Waals surface area contributed by atoms with Crippen molar-refractivity contribution in [3.63, 3.8) is 0 Å². The Bertz CT molecular complexity index is 1340. The molecule has 1 fully saturated rings. The van der Waals surface area contributed by atoms with Gasteiger partial charge in [-0.2, -0.15) is 9.97 Å². The van der Waals surface area contributed by atoms with Crippen LogP contribution in [0, 0.1) is 0 Å². The highest BCUT2D eigenvalue weighted by Crippen LogP contribution is 2.25. The SMILES string of the molecule is COCC(=O)N1CCN(c2nc(NCc3ccccc3Cl)c3ncn(Cc4ccccc4)c3n2)CC1. The molecule has 10 heteroatoms. The van der Waals surface area contributed by atoms with Gasteiger partial charge >= 0.3 is 0 Å². The Morgan fingerprint density at radius 3 is 2.53 bits per heavy atom. The zero-order valence-electron chi connectivity index (χ0n) is 20.1. The van der Waals surface area contributed by atoms with E-state index < -0.39 is 0 Å².